The van der Waals surface area contributed by atoms with E-state index in [9.17, 15) is 9.59 Å². The Bertz CT molecular complexity index is 449. The second-order valence-electron chi connectivity index (χ2n) is 5.21. The SMILES string of the molecule is CC(=O)c1csc(CCCNC(=O)OC(C)(C)C)n1. The second-order valence-corrected chi connectivity index (χ2v) is 6.16. The van der Waals surface area contributed by atoms with Gasteiger partial charge < -0.3 is 10.1 Å². The quantitative estimate of drug-likeness (QED) is 0.667. The maximum Gasteiger partial charge on any atom is 0.407 e. The number of nitrogens with zero attached hydrogens (tertiary/aromatic N) is 1. The molecule has 19 heavy (non-hydrogen) atoms. The lowest BCUT2D eigenvalue weighted by Crippen LogP contribution is -2.33. The Morgan fingerprint density at radius 3 is 2.63 bits per heavy atom. The van der Waals surface area contributed by atoms with Crippen molar-refractivity contribution >= 4 is 23.2 Å². The third-order valence-electron chi connectivity index (χ3n) is 2.15. The van der Waals surface area contributed by atoms with Crippen LogP contribution >= 0.6 is 11.3 Å². The van der Waals surface area contributed by atoms with Gasteiger partial charge in [0.1, 0.15) is 11.3 Å². The fourth-order valence-corrected chi connectivity index (χ4v) is 2.21. The molecule has 0 radical (unpaired) electrons. The average Bonchev–Trinajstić information content (AvgIpc) is 2.70. The van der Waals surface area contributed by atoms with Gasteiger partial charge in [-0.25, -0.2) is 9.78 Å². The summed E-state index contributed by atoms with van der Waals surface area (Å²) in [5.74, 6) is -0.0191. The molecular formula is C13H20N2O3S. The van der Waals surface area contributed by atoms with E-state index in [1.165, 1.54) is 18.3 Å². The fourth-order valence-electron chi connectivity index (χ4n) is 1.33. The summed E-state index contributed by atoms with van der Waals surface area (Å²) in [5, 5.41) is 5.36. The van der Waals surface area contributed by atoms with Gasteiger partial charge in [0, 0.05) is 25.3 Å². The highest BCUT2D eigenvalue weighted by molar-refractivity contribution is 7.09. The number of carbonyl (C=O) groups excluding carboxylic acids is 2. The van der Waals surface area contributed by atoms with Crippen molar-refractivity contribution in [2.45, 2.75) is 46.1 Å². The van der Waals surface area contributed by atoms with Crippen molar-refractivity contribution in [3.8, 4) is 0 Å². The van der Waals surface area contributed by atoms with Crippen LogP contribution in [-0.2, 0) is 11.2 Å². The van der Waals surface area contributed by atoms with Crippen LogP contribution in [0.25, 0.3) is 0 Å². The van der Waals surface area contributed by atoms with Gasteiger partial charge in [-0.1, -0.05) is 0 Å². The van der Waals surface area contributed by atoms with Crippen LogP contribution in [0, 0.1) is 0 Å². The van der Waals surface area contributed by atoms with E-state index in [4.69, 9.17) is 4.74 Å². The molecule has 0 aromatic carbocycles. The summed E-state index contributed by atoms with van der Waals surface area (Å²) in [5.41, 5.74) is 0.0376. The molecule has 1 amide bonds. The number of Topliss-reactive ketones (excluding diaryl/α,β-unsaturated/α-hetero) is 1. The first-order chi connectivity index (χ1) is 8.78. The summed E-state index contributed by atoms with van der Waals surface area (Å²) in [6.45, 7) is 7.51. The molecule has 1 aromatic heterocycles. The number of ketones is 1. The zero-order chi connectivity index (χ0) is 14.5. The van der Waals surface area contributed by atoms with Crippen LogP contribution in [-0.4, -0.2) is 29.0 Å². The van der Waals surface area contributed by atoms with E-state index in [1.807, 2.05) is 20.8 Å². The Hall–Kier alpha value is -1.43. The molecular weight excluding hydrogens is 264 g/mol. The lowest BCUT2D eigenvalue weighted by Gasteiger charge is -2.19. The average molecular weight is 284 g/mol. The summed E-state index contributed by atoms with van der Waals surface area (Å²) in [6, 6.07) is 0. The van der Waals surface area contributed by atoms with E-state index in [0.717, 1.165) is 17.8 Å². The van der Waals surface area contributed by atoms with E-state index in [0.29, 0.717) is 12.2 Å². The number of nitrogens with one attached hydrogen (secondary N) is 1. The van der Waals surface area contributed by atoms with Gasteiger partial charge in [0.05, 0.1) is 5.01 Å². The number of carbonyl (C=O) groups is 2. The molecule has 0 fully saturated rings. The summed E-state index contributed by atoms with van der Waals surface area (Å²) >= 11 is 1.47. The van der Waals surface area contributed by atoms with Gasteiger partial charge in [-0.3, -0.25) is 4.79 Å². The molecule has 0 bridgehead atoms. The van der Waals surface area contributed by atoms with Crippen LogP contribution in [0.5, 0.6) is 0 Å². The molecule has 1 heterocycles. The Labute approximate surface area is 117 Å². The van der Waals surface area contributed by atoms with Crippen LogP contribution in [0.15, 0.2) is 5.38 Å². The van der Waals surface area contributed by atoms with Crippen molar-refractivity contribution in [1.82, 2.24) is 10.3 Å². The van der Waals surface area contributed by atoms with Gasteiger partial charge in [-0.15, -0.1) is 11.3 Å². The highest BCUT2D eigenvalue weighted by Crippen LogP contribution is 2.12. The zero-order valence-corrected chi connectivity index (χ0v) is 12.6. The Kier molecular flexibility index (Phi) is 5.47. The molecule has 1 rings (SSSR count). The van der Waals surface area contributed by atoms with E-state index >= 15 is 0 Å². The highest BCUT2D eigenvalue weighted by atomic mass is 32.1. The van der Waals surface area contributed by atoms with Gasteiger partial charge in [-0.05, 0) is 27.2 Å². The molecule has 0 aliphatic heterocycles. The molecule has 1 N–H and O–H groups in total. The number of ether oxygens (including phenoxy) is 1. The molecule has 1 aromatic rings. The molecule has 0 aliphatic rings. The van der Waals surface area contributed by atoms with Crippen LogP contribution in [0.1, 0.15) is 49.6 Å². The number of amides is 1. The number of rotatable bonds is 5. The maximum absolute atomic E-state index is 11.4. The molecule has 5 nitrogen and oxygen atoms in total. The first-order valence-corrected chi connectivity index (χ1v) is 7.08. The van der Waals surface area contributed by atoms with Crippen LogP contribution in [0.4, 0.5) is 4.79 Å². The Balaban J connectivity index is 2.23. The number of aromatic nitrogens is 1. The normalized spacial score (nSPS) is 11.2. The minimum Gasteiger partial charge on any atom is -0.444 e. The van der Waals surface area contributed by atoms with E-state index in [2.05, 4.69) is 10.3 Å². The predicted molar refractivity (Wildman–Crippen MR) is 74.7 cm³/mol. The first kappa shape index (κ1) is 15.6. The van der Waals surface area contributed by atoms with E-state index in [-0.39, 0.29) is 5.78 Å². The van der Waals surface area contributed by atoms with Crippen molar-refractivity contribution in [2.24, 2.45) is 0 Å². The maximum atomic E-state index is 11.4. The van der Waals surface area contributed by atoms with Crippen molar-refractivity contribution in [3.05, 3.63) is 16.1 Å². The van der Waals surface area contributed by atoms with Gasteiger partial charge in [0.25, 0.3) is 0 Å². The number of thiazole rings is 1. The molecule has 0 spiro atoms. The lowest BCUT2D eigenvalue weighted by atomic mass is 10.2. The van der Waals surface area contributed by atoms with Crippen molar-refractivity contribution in [1.29, 1.82) is 0 Å². The fraction of sp³-hybridized carbons (Fsp3) is 0.615. The largest absolute Gasteiger partial charge is 0.444 e. The first-order valence-electron chi connectivity index (χ1n) is 6.20. The molecule has 6 heteroatoms. The minimum atomic E-state index is -0.476. The standard InChI is InChI=1S/C13H20N2O3S/c1-9(16)10-8-19-11(15-10)6-5-7-14-12(17)18-13(2,3)4/h8H,5-7H2,1-4H3,(H,14,17). The van der Waals surface area contributed by atoms with Gasteiger partial charge in [0.15, 0.2) is 5.78 Å². The van der Waals surface area contributed by atoms with E-state index in [1.54, 1.807) is 5.38 Å². The molecule has 0 saturated heterocycles. The van der Waals surface area contributed by atoms with E-state index < -0.39 is 11.7 Å². The van der Waals surface area contributed by atoms with Crippen molar-refractivity contribution < 1.29 is 14.3 Å². The van der Waals surface area contributed by atoms with Crippen molar-refractivity contribution in [2.75, 3.05) is 6.54 Å². The van der Waals surface area contributed by atoms with Gasteiger partial charge in [0.2, 0.25) is 0 Å². The molecule has 106 valence electrons. The molecule has 0 atom stereocenters. The second kappa shape index (κ2) is 6.65. The third-order valence-corrected chi connectivity index (χ3v) is 3.06. The topological polar surface area (TPSA) is 68.3 Å². The van der Waals surface area contributed by atoms with Gasteiger partial charge in [-0.2, -0.15) is 0 Å². The van der Waals surface area contributed by atoms with Crippen LogP contribution in [0.2, 0.25) is 0 Å². The monoisotopic (exact) mass is 284 g/mol. The zero-order valence-electron chi connectivity index (χ0n) is 11.8. The Morgan fingerprint density at radius 1 is 1.42 bits per heavy atom. The molecule has 0 unspecified atom stereocenters. The smallest absolute Gasteiger partial charge is 0.407 e. The third kappa shape index (κ3) is 6.33. The summed E-state index contributed by atoms with van der Waals surface area (Å²) in [4.78, 5) is 26.7. The lowest BCUT2D eigenvalue weighted by molar-refractivity contribution is 0.0527. The van der Waals surface area contributed by atoms with Crippen LogP contribution in [0.3, 0.4) is 0 Å². The van der Waals surface area contributed by atoms with Crippen molar-refractivity contribution in [3.63, 3.8) is 0 Å². The summed E-state index contributed by atoms with van der Waals surface area (Å²) < 4.78 is 5.12. The molecule has 0 saturated carbocycles. The number of hydrogen-bond donors (Lipinski definition) is 1. The number of hydrogen-bond acceptors (Lipinski definition) is 5. The minimum absolute atomic E-state index is 0.0191. The van der Waals surface area contributed by atoms with Crippen LogP contribution < -0.4 is 5.32 Å². The number of aryl methyl sites for hydroxylation is 1. The number of alkyl carbamates (subject to hydrolysis) is 1. The van der Waals surface area contributed by atoms with Gasteiger partial charge >= 0.3 is 6.09 Å². The molecule has 0 aliphatic carbocycles. The summed E-state index contributed by atoms with van der Waals surface area (Å²) in [6.07, 6.45) is 1.11. The highest BCUT2D eigenvalue weighted by Gasteiger charge is 2.15. The predicted octanol–water partition coefficient (Wildman–Crippen LogP) is 2.80. The Morgan fingerprint density at radius 2 is 2.11 bits per heavy atom. The summed E-state index contributed by atoms with van der Waals surface area (Å²) in [7, 11) is 0.